The molecule has 0 bridgehead atoms. The van der Waals surface area contributed by atoms with Gasteiger partial charge in [-0.05, 0) is 40.0 Å². The average molecular weight is 271 g/mol. The van der Waals surface area contributed by atoms with Crippen LogP contribution in [-0.2, 0) is 14.3 Å². The van der Waals surface area contributed by atoms with Gasteiger partial charge in [0.05, 0.1) is 13.0 Å². The molecule has 1 heterocycles. The molecule has 0 aromatic rings. The Hall–Kier alpha value is -1.26. The Morgan fingerprint density at radius 3 is 2.42 bits per heavy atom. The Kier molecular flexibility index (Phi) is 5.20. The summed E-state index contributed by atoms with van der Waals surface area (Å²) in [7, 11) is 1.41. The number of hydrogen-bond acceptors (Lipinski definition) is 4. The van der Waals surface area contributed by atoms with E-state index in [0.29, 0.717) is 19.4 Å². The number of amides is 1. The van der Waals surface area contributed by atoms with Gasteiger partial charge in [-0.3, -0.25) is 4.79 Å². The van der Waals surface area contributed by atoms with Crippen LogP contribution in [0.5, 0.6) is 0 Å². The second-order valence-corrected chi connectivity index (χ2v) is 5.98. The number of ether oxygens (including phenoxy) is 2. The third-order valence-electron chi connectivity index (χ3n) is 3.35. The molecule has 0 aromatic heterocycles. The van der Waals surface area contributed by atoms with E-state index in [1.165, 1.54) is 7.11 Å². The minimum Gasteiger partial charge on any atom is -0.469 e. The SMILES string of the molecule is CCC1CC(C(=O)OC)CCN1C(=O)OC(C)(C)C. The number of carbonyl (C=O) groups excluding carboxylic acids is 2. The zero-order valence-electron chi connectivity index (χ0n) is 12.6. The van der Waals surface area contributed by atoms with Crippen molar-refractivity contribution in [1.82, 2.24) is 4.90 Å². The number of esters is 1. The van der Waals surface area contributed by atoms with Crippen LogP contribution in [-0.4, -0.2) is 42.3 Å². The Bertz CT molecular complexity index is 335. The van der Waals surface area contributed by atoms with Gasteiger partial charge >= 0.3 is 12.1 Å². The number of carbonyl (C=O) groups is 2. The minimum absolute atomic E-state index is 0.0488. The Morgan fingerprint density at radius 1 is 1.32 bits per heavy atom. The topological polar surface area (TPSA) is 55.8 Å². The highest BCUT2D eigenvalue weighted by molar-refractivity contribution is 5.73. The van der Waals surface area contributed by atoms with Gasteiger partial charge in [0.2, 0.25) is 0 Å². The number of piperidine rings is 1. The van der Waals surface area contributed by atoms with E-state index in [4.69, 9.17) is 9.47 Å². The fourth-order valence-electron chi connectivity index (χ4n) is 2.38. The van der Waals surface area contributed by atoms with Crippen LogP contribution in [0.15, 0.2) is 0 Å². The van der Waals surface area contributed by atoms with Gasteiger partial charge in [-0.2, -0.15) is 0 Å². The lowest BCUT2D eigenvalue weighted by molar-refractivity contribution is -0.147. The van der Waals surface area contributed by atoms with Crippen LogP contribution >= 0.6 is 0 Å². The van der Waals surface area contributed by atoms with Gasteiger partial charge in [0, 0.05) is 12.6 Å². The highest BCUT2D eigenvalue weighted by Gasteiger charge is 2.36. The number of rotatable bonds is 2. The van der Waals surface area contributed by atoms with E-state index in [-0.39, 0.29) is 24.0 Å². The summed E-state index contributed by atoms with van der Waals surface area (Å²) in [4.78, 5) is 25.4. The summed E-state index contributed by atoms with van der Waals surface area (Å²) in [6.07, 6.45) is 1.82. The van der Waals surface area contributed by atoms with Crippen molar-refractivity contribution in [3.05, 3.63) is 0 Å². The molecule has 5 nitrogen and oxygen atoms in total. The van der Waals surface area contributed by atoms with Crippen LogP contribution in [0.2, 0.25) is 0 Å². The van der Waals surface area contributed by atoms with E-state index in [1.54, 1.807) is 4.90 Å². The van der Waals surface area contributed by atoms with Gasteiger partial charge < -0.3 is 14.4 Å². The lowest BCUT2D eigenvalue weighted by Crippen LogP contribution is -2.49. The van der Waals surface area contributed by atoms with Crippen molar-refractivity contribution in [2.75, 3.05) is 13.7 Å². The van der Waals surface area contributed by atoms with Crippen LogP contribution in [0.3, 0.4) is 0 Å². The maximum atomic E-state index is 12.1. The Balaban J connectivity index is 2.67. The molecule has 2 unspecified atom stereocenters. The van der Waals surface area contributed by atoms with Crippen molar-refractivity contribution in [2.45, 2.75) is 58.6 Å². The van der Waals surface area contributed by atoms with E-state index >= 15 is 0 Å². The van der Waals surface area contributed by atoms with Crippen molar-refractivity contribution in [2.24, 2.45) is 5.92 Å². The number of methoxy groups -OCH3 is 1. The van der Waals surface area contributed by atoms with E-state index < -0.39 is 5.60 Å². The van der Waals surface area contributed by atoms with Crippen LogP contribution < -0.4 is 0 Å². The molecule has 5 heteroatoms. The smallest absolute Gasteiger partial charge is 0.410 e. The molecule has 0 spiro atoms. The second-order valence-electron chi connectivity index (χ2n) is 5.98. The minimum atomic E-state index is -0.491. The lowest BCUT2D eigenvalue weighted by atomic mass is 9.90. The summed E-state index contributed by atoms with van der Waals surface area (Å²) >= 11 is 0. The first-order chi connectivity index (χ1) is 8.78. The van der Waals surface area contributed by atoms with Gasteiger partial charge in [-0.1, -0.05) is 6.92 Å². The van der Waals surface area contributed by atoms with Gasteiger partial charge in [-0.15, -0.1) is 0 Å². The monoisotopic (exact) mass is 271 g/mol. The largest absolute Gasteiger partial charge is 0.469 e. The van der Waals surface area contributed by atoms with Crippen LogP contribution in [0.4, 0.5) is 4.79 Å². The summed E-state index contributed by atoms with van der Waals surface area (Å²) in [6, 6.07) is 0.0488. The molecular weight excluding hydrogens is 246 g/mol. The normalized spacial score (nSPS) is 23.9. The molecule has 1 aliphatic rings. The molecule has 2 atom stereocenters. The molecule has 0 saturated carbocycles. The summed E-state index contributed by atoms with van der Waals surface area (Å²) < 4.78 is 10.2. The van der Waals surface area contributed by atoms with Crippen molar-refractivity contribution < 1.29 is 19.1 Å². The van der Waals surface area contributed by atoms with Crippen LogP contribution in [0.25, 0.3) is 0 Å². The molecule has 1 saturated heterocycles. The van der Waals surface area contributed by atoms with Gasteiger partial charge in [-0.25, -0.2) is 4.79 Å². The molecule has 1 fully saturated rings. The quantitative estimate of drug-likeness (QED) is 0.724. The highest BCUT2D eigenvalue weighted by Crippen LogP contribution is 2.27. The van der Waals surface area contributed by atoms with E-state index in [0.717, 1.165) is 6.42 Å². The molecule has 110 valence electrons. The van der Waals surface area contributed by atoms with Crippen molar-refractivity contribution >= 4 is 12.1 Å². The Labute approximate surface area is 115 Å². The number of likely N-dealkylation sites (tertiary alicyclic amines) is 1. The van der Waals surface area contributed by atoms with Crippen LogP contribution in [0.1, 0.15) is 47.0 Å². The molecule has 0 radical (unpaired) electrons. The van der Waals surface area contributed by atoms with E-state index in [2.05, 4.69) is 0 Å². The molecule has 1 rings (SSSR count). The number of nitrogens with zero attached hydrogens (tertiary/aromatic N) is 1. The first-order valence-electron chi connectivity index (χ1n) is 6.86. The summed E-state index contributed by atoms with van der Waals surface area (Å²) in [5, 5.41) is 0. The third-order valence-corrected chi connectivity index (χ3v) is 3.35. The molecule has 1 amide bonds. The highest BCUT2D eigenvalue weighted by atomic mass is 16.6. The maximum Gasteiger partial charge on any atom is 0.410 e. The summed E-state index contributed by atoms with van der Waals surface area (Å²) in [5.74, 6) is -0.282. The van der Waals surface area contributed by atoms with Crippen molar-refractivity contribution in [1.29, 1.82) is 0 Å². The average Bonchev–Trinajstić information content (AvgIpc) is 2.34. The summed E-state index contributed by atoms with van der Waals surface area (Å²) in [5.41, 5.74) is -0.491. The lowest BCUT2D eigenvalue weighted by Gasteiger charge is -2.38. The predicted molar refractivity (Wildman–Crippen MR) is 71.8 cm³/mol. The van der Waals surface area contributed by atoms with Crippen LogP contribution in [0, 0.1) is 5.92 Å². The predicted octanol–water partition coefficient (Wildman–Crippen LogP) is 2.59. The molecule has 0 N–H and O–H groups in total. The molecule has 1 aliphatic heterocycles. The second kappa shape index (κ2) is 6.26. The van der Waals surface area contributed by atoms with E-state index in [9.17, 15) is 9.59 Å². The standard InChI is InChI=1S/C14H25NO4/c1-6-11-9-10(12(16)18-5)7-8-15(11)13(17)19-14(2,3)4/h10-11H,6-9H2,1-5H3. The van der Waals surface area contributed by atoms with Gasteiger partial charge in [0.15, 0.2) is 0 Å². The maximum absolute atomic E-state index is 12.1. The van der Waals surface area contributed by atoms with Gasteiger partial charge in [0.25, 0.3) is 0 Å². The molecule has 0 aromatic carbocycles. The molecule has 19 heavy (non-hydrogen) atoms. The first-order valence-corrected chi connectivity index (χ1v) is 6.86. The fraction of sp³-hybridized carbons (Fsp3) is 0.857. The summed E-state index contributed by atoms with van der Waals surface area (Å²) in [6.45, 7) is 8.13. The first kappa shape index (κ1) is 15.8. The third kappa shape index (κ3) is 4.40. The Morgan fingerprint density at radius 2 is 1.95 bits per heavy atom. The fourth-order valence-corrected chi connectivity index (χ4v) is 2.38. The molecular formula is C14H25NO4. The van der Waals surface area contributed by atoms with Gasteiger partial charge in [0.1, 0.15) is 5.60 Å². The zero-order chi connectivity index (χ0) is 14.6. The molecule has 0 aliphatic carbocycles. The number of hydrogen-bond donors (Lipinski definition) is 0. The van der Waals surface area contributed by atoms with Crippen molar-refractivity contribution in [3.63, 3.8) is 0 Å². The zero-order valence-corrected chi connectivity index (χ0v) is 12.6. The van der Waals surface area contributed by atoms with Crippen molar-refractivity contribution in [3.8, 4) is 0 Å². The van der Waals surface area contributed by atoms with E-state index in [1.807, 2.05) is 27.7 Å².